The molecule has 1 aromatic heterocycles. The minimum Gasteiger partial charge on any atom is -0.496 e. The minimum atomic E-state index is -0.421. The van der Waals surface area contributed by atoms with Crippen molar-refractivity contribution in [3.63, 3.8) is 0 Å². The van der Waals surface area contributed by atoms with Crippen LogP contribution in [0.25, 0.3) is 0 Å². The Bertz CT molecular complexity index is 679. The van der Waals surface area contributed by atoms with Crippen LogP contribution >= 0.6 is 0 Å². The van der Waals surface area contributed by atoms with Crippen LogP contribution in [0.4, 0.5) is 5.69 Å². The molecule has 7 heteroatoms. The number of nitrogens with two attached hydrogens (primary N) is 1. The van der Waals surface area contributed by atoms with Gasteiger partial charge in [-0.15, -0.1) is 0 Å². The molecule has 21 heavy (non-hydrogen) atoms. The molecule has 0 bridgehead atoms. The van der Waals surface area contributed by atoms with Crippen LogP contribution in [0.5, 0.6) is 5.75 Å². The first-order valence-corrected chi connectivity index (χ1v) is 6.52. The highest BCUT2D eigenvalue weighted by atomic mass is 16.6. The number of rotatable bonds is 5. The molecule has 0 unspecified atom stereocenters. The summed E-state index contributed by atoms with van der Waals surface area (Å²) in [6, 6.07) is 4.54. The fourth-order valence-corrected chi connectivity index (χ4v) is 2.35. The summed E-state index contributed by atoms with van der Waals surface area (Å²) in [7, 11) is 1.54. The molecule has 0 amide bonds. The normalized spacial score (nSPS) is 10.7. The number of nitro benzene ring substituents is 1. The second-order valence-electron chi connectivity index (χ2n) is 4.76. The van der Waals surface area contributed by atoms with E-state index in [9.17, 15) is 10.1 Å². The Morgan fingerprint density at radius 1 is 1.43 bits per heavy atom. The molecule has 0 radical (unpaired) electrons. The quantitative estimate of drug-likeness (QED) is 0.670. The van der Waals surface area contributed by atoms with Crippen LogP contribution in [0, 0.1) is 24.0 Å². The Labute approximate surface area is 122 Å². The first-order chi connectivity index (χ1) is 9.97. The van der Waals surface area contributed by atoms with Gasteiger partial charge in [-0.1, -0.05) is 0 Å². The molecule has 1 heterocycles. The lowest BCUT2D eigenvalue weighted by Gasteiger charge is -2.10. The molecule has 0 saturated heterocycles. The summed E-state index contributed by atoms with van der Waals surface area (Å²) in [4.78, 5) is 10.5. The fraction of sp³-hybridized carbons (Fsp3) is 0.357. The Hall–Kier alpha value is -2.41. The molecule has 0 atom stereocenters. The summed E-state index contributed by atoms with van der Waals surface area (Å²) in [5, 5.41) is 15.3. The predicted octanol–water partition coefficient (Wildman–Crippen LogP) is 1.92. The van der Waals surface area contributed by atoms with Gasteiger partial charge in [0.15, 0.2) is 0 Å². The number of hydrogen-bond donors (Lipinski definition) is 1. The standard InChI is InChI=1S/C14H18N4O3/c1-9-13(7-15)10(2)17(16-9)8-11-6-12(18(19)20)4-5-14(11)21-3/h4-6H,7-8,15H2,1-3H3. The Morgan fingerprint density at radius 2 is 2.14 bits per heavy atom. The van der Waals surface area contributed by atoms with E-state index < -0.39 is 4.92 Å². The van der Waals surface area contributed by atoms with Crippen LogP contribution in [0.2, 0.25) is 0 Å². The summed E-state index contributed by atoms with van der Waals surface area (Å²) < 4.78 is 7.06. The third-order valence-corrected chi connectivity index (χ3v) is 3.53. The highest BCUT2D eigenvalue weighted by Gasteiger charge is 2.15. The maximum atomic E-state index is 10.9. The largest absolute Gasteiger partial charge is 0.496 e. The number of non-ortho nitro benzene ring substituents is 1. The van der Waals surface area contributed by atoms with Crippen LogP contribution in [0.1, 0.15) is 22.5 Å². The highest BCUT2D eigenvalue weighted by molar-refractivity contribution is 5.44. The molecule has 2 rings (SSSR count). The molecule has 0 aliphatic heterocycles. The van der Waals surface area contributed by atoms with Crippen molar-refractivity contribution < 1.29 is 9.66 Å². The maximum absolute atomic E-state index is 10.9. The zero-order valence-corrected chi connectivity index (χ0v) is 12.3. The third kappa shape index (κ3) is 2.87. The van der Waals surface area contributed by atoms with E-state index in [1.54, 1.807) is 10.7 Å². The lowest BCUT2D eigenvalue weighted by atomic mass is 10.1. The smallest absolute Gasteiger partial charge is 0.270 e. The van der Waals surface area contributed by atoms with Gasteiger partial charge in [0, 0.05) is 35.5 Å². The molecule has 2 aromatic rings. The van der Waals surface area contributed by atoms with Gasteiger partial charge in [-0.05, 0) is 19.9 Å². The number of nitro groups is 1. The molecule has 0 fully saturated rings. The molecule has 0 aliphatic rings. The highest BCUT2D eigenvalue weighted by Crippen LogP contribution is 2.25. The zero-order valence-electron chi connectivity index (χ0n) is 12.3. The number of aryl methyl sites for hydroxylation is 1. The summed E-state index contributed by atoms with van der Waals surface area (Å²) >= 11 is 0. The number of benzene rings is 1. The summed E-state index contributed by atoms with van der Waals surface area (Å²) in [5.74, 6) is 0.599. The van der Waals surface area contributed by atoms with E-state index in [0.717, 1.165) is 17.0 Å². The summed E-state index contributed by atoms with van der Waals surface area (Å²) in [6.45, 7) is 4.66. The number of ether oxygens (including phenoxy) is 1. The summed E-state index contributed by atoms with van der Waals surface area (Å²) in [5.41, 5.74) is 9.29. The number of hydrogen-bond acceptors (Lipinski definition) is 5. The van der Waals surface area contributed by atoms with E-state index in [2.05, 4.69) is 5.10 Å². The van der Waals surface area contributed by atoms with Crippen molar-refractivity contribution in [2.24, 2.45) is 5.73 Å². The van der Waals surface area contributed by atoms with Crippen molar-refractivity contribution in [2.45, 2.75) is 26.9 Å². The number of nitrogens with zero attached hydrogens (tertiary/aromatic N) is 3. The fourth-order valence-electron chi connectivity index (χ4n) is 2.35. The number of aromatic nitrogens is 2. The van der Waals surface area contributed by atoms with Gasteiger partial charge in [0.1, 0.15) is 5.75 Å². The second-order valence-corrected chi connectivity index (χ2v) is 4.76. The van der Waals surface area contributed by atoms with Gasteiger partial charge in [0.05, 0.1) is 24.3 Å². The molecule has 7 nitrogen and oxygen atoms in total. The van der Waals surface area contributed by atoms with Gasteiger partial charge in [0.2, 0.25) is 0 Å². The van der Waals surface area contributed by atoms with Crippen molar-refractivity contribution in [3.05, 3.63) is 50.8 Å². The molecule has 1 aromatic carbocycles. The molecule has 2 N–H and O–H groups in total. The molecule has 0 spiro atoms. The van der Waals surface area contributed by atoms with Crippen LogP contribution in [-0.2, 0) is 13.1 Å². The lowest BCUT2D eigenvalue weighted by Crippen LogP contribution is -2.07. The summed E-state index contributed by atoms with van der Waals surface area (Å²) in [6.07, 6.45) is 0. The van der Waals surface area contributed by atoms with Gasteiger partial charge in [0.25, 0.3) is 5.69 Å². The number of methoxy groups -OCH3 is 1. The van der Waals surface area contributed by atoms with Gasteiger partial charge in [-0.3, -0.25) is 14.8 Å². The molecular weight excluding hydrogens is 272 g/mol. The van der Waals surface area contributed by atoms with Crippen molar-refractivity contribution >= 4 is 5.69 Å². The first-order valence-electron chi connectivity index (χ1n) is 6.52. The van der Waals surface area contributed by atoms with E-state index in [4.69, 9.17) is 10.5 Å². The average Bonchev–Trinajstić information content (AvgIpc) is 2.72. The topological polar surface area (TPSA) is 96.2 Å². The van der Waals surface area contributed by atoms with E-state index in [-0.39, 0.29) is 5.69 Å². The maximum Gasteiger partial charge on any atom is 0.270 e. The third-order valence-electron chi connectivity index (χ3n) is 3.53. The SMILES string of the molecule is COc1ccc([N+](=O)[O-])cc1Cn1nc(C)c(CN)c1C. The van der Waals surface area contributed by atoms with Crippen LogP contribution < -0.4 is 10.5 Å². The minimum absolute atomic E-state index is 0.0337. The first kappa shape index (κ1) is 15.0. The molecule has 0 saturated carbocycles. The van der Waals surface area contributed by atoms with Crippen molar-refractivity contribution in [1.82, 2.24) is 9.78 Å². The zero-order chi connectivity index (χ0) is 15.6. The van der Waals surface area contributed by atoms with Gasteiger partial charge in [-0.25, -0.2) is 0 Å². The van der Waals surface area contributed by atoms with Crippen LogP contribution in [0.15, 0.2) is 18.2 Å². The van der Waals surface area contributed by atoms with Crippen LogP contribution in [-0.4, -0.2) is 21.8 Å². The van der Waals surface area contributed by atoms with E-state index in [1.165, 1.54) is 19.2 Å². The Kier molecular flexibility index (Phi) is 4.23. The van der Waals surface area contributed by atoms with E-state index in [0.29, 0.717) is 24.4 Å². The van der Waals surface area contributed by atoms with Gasteiger partial charge < -0.3 is 10.5 Å². The lowest BCUT2D eigenvalue weighted by molar-refractivity contribution is -0.384. The van der Waals surface area contributed by atoms with Gasteiger partial charge in [-0.2, -0.15) is 5.10 Å². The molecule has 112 valence electrons. The van der Waals surface area contributed by atoms with Crippen molar-refractivity contribution in [1.29, 1.82) is 0 Å². The van der Waals surface area contributed by atoms with E-state index >= 15 is 0 Å². The Morgan fingerprint density at radius 3 is 2.67 bits per heavy atom. The molecular formula is C14H18N4O3. The molecule has 0 aliphatic carbocycles. The Balaban J connectivity index is 2.43. The second kappa shape index (κ2) is 5.92. The van der Waals surface area contributed by atoms with Gasteiger partial charge >= 0.3 is 0 Å². The predicted molar refractivity (Wildman–Crippen MR) is 78.3 cm³/mol. The van der Waals surface area contributed by atoms with E-state index in [1.807, 2.05) is 13.8 Å². The van der Waals surface area contributed by atoms with Crippen molar-refractivity contribution in [2.75, 3.05) is 7.11 Å². The average molecular weight is 290 g/mol. The van der Waals surface area contributed by atoms with Crippen molar-refractivity contribution in [3.8, 4) is 5.75 Å². The monoisotopic (exact) mass is 290 g/mol. The van der Waals surface area contributed by atoms with Crippen LogP contribution in [0.3, 0.4) is 0 Å².